The van der Waals surface area contributed by atoms with Gasteiger partial charge in [-0.25, -0.2) is 14.6 Å². The van der Waals surface area contributed by atoms with Gasteiger partial charge < -0.3 is 11.1 Å². The fourth-order valence-electron chi connectivity index (χ4n) is 3.18. The monoisotopic (exact) mass is 239 g/mol. The molecule has 2 atom stereocenters. The van der Waals surface area contributed by atoms with Gasteiger partial charge in [0.1, 0.15) is 0 Å². The van der Waals surface area contributed by atoms with Crippen LogP contribution in [-0.2, 0) is 4.79 Å². The van der Waals surface area contributed by atoms with Crippen molar-refractivity contribution in [3.05, 3.63) is 0 Å². The van der Waals surface area contributed by atoms with Crippen LogP contribution in [0, 0.1) is 10.8 Å². The fraction of sp³-hybridized carbons (Fsp3) is 0.833. The molecule has 5 heteroatoms. The van der Waals surface area contributed by atoms with Gasteiger partial charge in [0.2, 0.25) is 6.08 Å². The zero-order chi connectivity index (χ0) is 13.1. The van der Waals surface area contributed by atoms with E-state index in [9.17, 15) is 9.59 Å². The van der Waals surface area contributed by atoms with Crippen LogP contribution in [0.15, 0.2) is 4.99 Å². The smallest absolute Gasteiger partial charge is 0.312 e. The second kappa shape index (κ2) is 4.88. The van der Waals surface area contributed by atoms with Crippen molar-refractivity contribution in [2.45, 2.75) is 46.1 Å². The van der Waals surface area contributed by atoms with Gasteiger partial charge >= 0.3 is 6.03 Å². The van der Waals surface area contributed by atoms with Crippen LogP contribution in [-0.4, -0.2) is 24.7 Å². The molecule has 0 aromatic carbocycles. The van der Waals surface area contributed by atoms with Crippen LogP contribution in [0.3, 0.4) is 0 Å². The first-order chi connectivity index (χ1) is 7.76. The van der Waals surface area contributed by atoms with Crippen LogP contribution >= 0.6 is 0 Å². The van der Waals surface area contributed by atoms with Crippen LogP contribution in [0.4, 0.5) is 4.79 Å². The minimum Gasteiger partial charge on any atom is -0.352 e. The summed E-state index contributed by atoms with van der Waals surface area (Å²) in [7, 11) is 0. The lowest BCUT2D eigenvalue weighted by Gasteiger charge is -2.45. The summed E-state index contributed by atoms with van der Waals surface area (Å²) in [5.41, 5.74) is 5.13. The van der Waals surface area contributed by atoms with Crippen LogP contribution in [0.25, 0.3) is 0 Å². The zero-order valence-corrected chi connectivity index (χ0v) is 10.7. The van der Waals surface area contributed by atoms with Gasteiger partial charge in [-0.1, -0.05) is 20.8 Å². The summed E-state index contributed by atoms with van der Waals surface area (Å²) < 4.78 is 0. The summed E-state index contributed by atoms with van der Waals surface area (Å²) >= 11 is 0. The highest BCUT2D eigenvalue weighted by atomic mass is 16.2. The molecule has 0 bridgehead atoms. The third kappa shape index (κ3) is 4.19. The van der Waals surface area contributed by atoms with E-state index >= 15 is 0 Å². The van der Waals surface area contributed by atoms with Gasteiger partial charge in [0.15, 0.2) is 0 Å². The molecule has 0 radical (unpaired) electrons. The van der Waals surface area contributed by atoms with Gasteiger partial charge in [0.25, 0.3) is 0 Å². The predicted octanol–water partition coefficient (Wildman–Crippen LogP) is 1.58. The molecule has 0 aromatic rings. The molecule has 0 aromatic heterocycles. The highest BCUT2D eigenvalue weighted by Crippen LogP contribution is 2.46. The first-order valence-corrected chi connectivity index (χ1v) is 5.87. The summed E-state index contributed by atoms with van der Waals surface area (Å²) in [5, 5.41) is 2.65. The lowest BCUT2D eigenvalue weighted by Crippen LogP contribution is -2.45. The molecule has 5 nitrogen and oxygen atoms in total. The number of nitrogens with two attached hydrogens (primary N) is 1. The Hall–Kier alpha value is -1.35. The Morgan fingerprint density at radius 2 is 2.12 bits per heavy atom. The summed E-state index contributed by atoms with van der Waals surface area (Å²) in [6, 6.07) is -0.513. The molecule has 96 valence electrons. The van der Waals surface area contributed by atoms with Crippen molar-refractivity contribution in [3.8, 4) is 0 Å². The molecule has 0 saturated heterocycles. The standard InChI is InChI=1S/C12H21N3O2/c1-11(2)4-9(15-8-16)5-12(3,6-11)7-14-10(13)17/h9H,4-7H2,1-3H3,(H3,13,14,17). The Balaban J connectivity index is 2.76. The number of hydrogen-bond acceptors (Lipinski definition) is 3. The van der Waals surface area contributed by atoms with E-state index < -0.39 is 6.03 Å². The Kier molecular flexibility index (Phi) is 3.94. The number of carbonyl (C=O) groups is 1. The number of rotatable bonds is 3. The van der Waals surface area contributed by atoms with E-state index in [-0.39, 0.29) is 16.9 Å². The average molecular weight is 239 g/mol. The third-order valence-electron chi connectivity index (χ3n) is 3.35. The molecule has 1 saturated carbocycles. The molecule has 3 N–H and O–H groups in total. The third-order valence-corrected chi connectivity index (χ3v) is 3.35. The van der Waals surface area contributed by atoms with Gasteiger partial charge in [-0.05, 0) is 30.1 Å². The van der Waals surface area contributed by atoms with Crippen molar-refractivity contribution in [3.63, 3.8) is 0 Å². The highest BCUT2D eigenvalue weighted by molar-refractivity contribution is 5.71. The number of aliphatic imine (C=N–C) groups is 1. The van der Waals surface area contributed by atoms with E-state index in [1.165, 1.54) is 0 Å². The molecule has 0 spiro atoms. The number of hydrogen-bond donors (Lipinski definition) is 2. The minimum atomic E-state index is -0.509. The van der Waals surface area contributed by atoms with Crippen molar-refractivity contribution in [1.82, 2.24) is 5.32 Å². The summed E-state index contributed by atoms with van der Waals surface area (Å²) in [5.74, 6) is 0. The quantitative estimate of drug-likeness (QED) is 0.578. The second-order valence-electron chi connectivity index (χ2n) is 6.15. The SMILES string of the molecule is CC1(C)CC(N=C=O)CC(C)(CNC(N)=O)C1. The number of isocyanates is 1. The van der Waals surface area contributed by atoms with Crippen molar-refractivity contribution in [2.24, 2.45) is 21.6 Å². The van der Waals surface area contributed by atoms with E-state index in [0.717, 1.165) is 19.3 Å². The molecule has 2 amide bonds. The zero-order valence-electron chi connectivity index (χ0n) is 10.7. The summed E-state index contributed by atoms with van der Waals surface area (Å²) in [6.07, 6.45) is 4.29. The second-order valence-corrected chi connectivity index (χ2v) is 6.15. The van der Waals surface area contributed by atoms with Crippen molar-refractivity contribution in [2.75, 3.05) is 6.54 Å². The Labute approximate surface area is 102 Å². The molecular weight excluding hydrogens is 218 g/mol. The molecule has 1 rings (SSSR count). The Bertz CT molecular complexity index is 348. The van der Waals surface area contributed by atoms with Crippen molar-refractivity contribution in [1.29, 1.82) is 0 Å². The van der Waals surface area contributed by atoms with Gasteiger partial charge in [0.05, 0.1) is 6.04 Å². The number of urea groups is 1. The van der Waals surface area contributed by atoms with Crippen LogP contribution in [0.5, 0.6) is 0 Å². The maximum Gasteiger partial charge on any atom is 0.312 e. The van der Waals surface area contributed by atoms with Crippen molar-refractivity contribution >= 4 is 12.1 Å². The molecule has 2 unspecified atom stereocenters. The van der Waals surface area contributed by atoms with Gasteiger partial charge in [0, 0.05) is 6.54 Å². The fourth-order valence-corrected chi connectivity index (χ4v) is 3.18. The maximum atomic E-state index is 10.8. The highest BCUT2D eigenvalue weighted by Gasteiger charge is 2.41. The molecule has 0 aliphatic heterocycles. The number of carbonyl (C=O) groups excluding carboxylic acids is 2. The normalized spacial score (nSPS) is 31.4. The number of nitrogens with one attached hydrogen (secondary N) is 1. The summed E-state index contributed by atoms with van der Waals surface area (Å²) in [4.78, 5) is 25.0. The van der Waals surface area contributed by atoms with E-state index in [0.29, 0.717) is 6.54 Å². The number of nitrogens with zero attached hydrogens (tertiary/aromatic N) is 1. The van der Waals surface area contributed by atoms with Gasteiger partial charge in [-0.3, -0.25) is 0 Å². The summed E-state index contributed by atoms with van der Waals surface area (Å²) in [6.45, 7) is 6.93. The topological polar surface area (TPSA) is 84.6 Å². The van der Waals surface area contributed by atoms with Crippen LogP contribution in [0.1, 0.15) is 40.0 Å². The molecule has 1 aliphatic carbocycles. The Morgan fingerprint density at radius 1 is 1.47 bits per heavy atom. The number of amides is 2. The van der Waals surface area contributed by atoms with Gasteiger partial charge in [-0.2, -0.15) is 0 Å². The average Bonchev–Trinajstić information content (AvgIpc) is 2.12. The predicted molar refractivity (Wildman–Crippen MR) is 65.2 cm³/mol. The first kappa shape index (κ1) is 13.7. The largest absolute Gasteiger partial charge is 0.352 e. The molecule has 0 heterocycles. The molecular formula is C12H21N3O2. The molecule has 17 heavy (non-hydrogen) atoms. The van der Waals surface area contributed by atoms with Crippen molar-refractivity contribution < 1.29 is 9.59 Å². The van der Waals surface area contributed by atoms with Crippen LogP contribution < -0.4 is 11.1 Å². The lowest BCUT2D eigenvalue weighted by atomic mass is 9.63. The van der Waals surface area contributed by atoms with E-state index in [4.69, 9.17) is 5.73 Å². The number of primary amides is 1. The molecule has 1 fully saturated rings. The van der Waals surface area contributed by atoms with Gasteiger partial charge in [-0.15, -0.1) is 0 Å². The van der Waals surface area contributed by atoms with Crippen LogP contribution in [0.2, 0.25) is 0 Å². The van der Waals surface area contributed by atoms with E-state index in [1.807, 2.05) is 0 Å². The maximum absolute atomic E-state index is 10.8. The Morgan fingerprint density at radius 3 is 2.65 bits per heavy atom. The molecule has 1 aliphatic rings. The van der Waals surface area contributed by atoms with E-state index in [1.54, 1.807) is 6.08 Å². The minimum absolute atomic E-state index is 0.00377. The van der Waals surface area contributed by atoms with E-state index in [2.05, 4.69) is 31.1 Å². The lowest BCUT2D eigenvalue weighted by molar-refractivity contribution is 0.0854. The first-order valence-electron chi connectivity index (χ1n) is 5.87.